The van der Waals surface area contributed by atoms with Gasteiger partial charge in [0.2, 0.25) is 5.95 Å². The first-order valence-corrected chi connectivity index (χ1v) is 24.4. The van der Waals surface area contributed by atoms with Crippen molar-refractivity contribution < 1.29 is 14.0 Å². The van der Waals surface area contributed by atoms with Crippen LogP contribution in [0.15, 0.2) is 46.0 Å². The number of hydrogen-bond donors (Lipinski definition) is 3. The number of carbonyl (C=O) groups is 2. The van der Waals surface area contributed by atoms with Crippen molar-refractivity contribution in [3.8, 4) is 0 Å². The zero-order chi connectivity index (χ0) is 49.0. The Morgan fingerprint density at radius 1 is 0.657 bits per heavy atom. The summed E-state index contributed by atoms with van der Waals surface area (Å²) in [5.74, 6) is -0.654. The molecule has 2 aromatic heterocycles. The van der Waals surface area contributed by atoms with Crippen molar-refractivity contribution in [1.29, 1.82) is 0 Å². The first-order chi connectivity index (χ1) is 31.8. The Balaban J connectivity index is 1.13. The minimum atomic E-state index is -0.669. The molecule has 67 heavy (non-hydrogen) atoms. The Hall–Kier alpha value is -5.05. The highest BCUT2D eigenvalue weighted by atomic mass is 35.5. The average Bonchev–Trinajstić information content (AvgIpc) is 3.29. The predicted octanol–water partition coefficient (Wildman–Crippen LogP) is 8.23. The zero-order valence-electron chi connectivity index (χ0n) is 41.2. The van der Waals surface area contributed by atoms with Crippen LogP contribution in [0, 0.1) is 33.6 Å². The Kier molecular flexibility index (Phi) is 16.8. The molecule has 2 amide bonds. The van der Waals surface area contributed by atoms with E-state index >= 15 is 4.39 Å². The number of hydrogen-bond acceptors (Lipinski definition) is 9. The molecule has 2 aromatic carbocycles. The smallest absolute Gasteiger partial charge is 0.251 e. The molecule has 0 spiro atoms. The van der Waals surface area contributed by atoms with Crippen LogP contribution in [0.1, 0.15) is 120 Å². The minimum absolute atomic E-state index is 0.0415. The maximum atomic E-state index is 15.9. The second-order valence-corrected chi connectivity index (χ2v) is 19.4. The number of amides is 2. The van der Waals surface area contributed by atoms with Crippen LogP contribution < -0.4 is 41.6 Å². The Morgan fingerprint density at radius 3 is 1.51 bits per heavy atom. The van der Waals surface area contributed by atoms with Gasteiger partial charge in [0.05, 0.1) is 0 Å². The van der Waals surface area contributed by atoms with Gasteiger partial charge in [-0.25, -0.2) is 4.68 Å². The number of carbonyl (C=O) groups excluding carboxylic acids is 2. The van der Waals surface area contributed by atoms with E-state index < -0.39 is 11.4 Å². The summed E-state index contributed by atoms with van der Waals surface area (Å²) in [6.07, 6.45) is 7.39. The van der Waals surface area contributed by atoms with E-state index in [1.165, 1.54) is 10.7 Å². The zero-order valence-corrected chi connectivity index (χ0v) is 42.7. The number of benzene rings is 2. The van der Waals surface area contributed by atoms with Gasteiger partial charge in [0.25, 0.3) is 11.8 Å². The van der Waals surface area contributed by atoms with Gasteiger partial charge < -0.3 is 40.2 Å². The van der Waals surface area contributed by atoms with Gasteiger partial charge in [0.15, 0.2) is 10.9 Å². The van der Waals surface area contributed by atoms with Crippen LogP contribution in [0.5, 0.6) is 0 Å². The average molecular weight is 963 g/mol. The van der Waals surface area contributed by atoms with Gasteiger partial charge in [-0.2, -0.15) is 4.39 Å². The largest absolute Gasteiger partial charge is 0.374 e. The summed E-state index contributed by atoms with van der Waals surface area (Å²) in [7, 11) is 9.73. The molecule has 6 rings (SSSR count). The molecule has 2 fully saturated rings. The summed E-state index contributed by atoms with van der Waals surface area (Å²) in [4.78, 5) is 60.8. The predicted molar refractivity (Wildman–Crippen MR) is 272 cm³/mol. The van der Waals surface area contributed by atoms with Crippen molar-refractivity contribution in [3.63, 3.8) is 0 Å². The van der Waals surface area contributed by atoms with E-state index in [1.54, 1.807) is 26.1 Å². The third-order valence-corrected chi connectivity index (χ3v) is 15.2. The van der Waals surface area contributed by atoms with Gasteiger partial charge in [-0.05, 0) is 142 Å². The number of rotatable bonds is 16. The van der Waals surface area contributed by atoms with E-state index in [4.69, 9.17) is 23.2 Å². The third-order valence-electron chi connectivity index (χ3n) is 14.7. The van der Waals surface area contributed by atoms with Gasteiger partial charge in [0, 0.05) is 139 Å². The first-order valence-electron chi connectivity index (χ1n) is 23.7. The van der Waals surface area contributed by atoms with Gasteiger partial charge in [-0.1, -0.05) is 23.2 Å². The van der Waals surface area contributed by atoms with Crippen molar-refractivity contribution in [3.05, 3.63) is 118 Å². The molecule has 4 aromatic rings. The molecule has 2 saturated carbocycles. The van der Waals surface area contributed by atoms with Crippen LogP contribution in [-0.2, 0) is 20.1 Å². The molecule has 3 N–H and O–H groups in total. The molecule has 16 heteroatoms. The topological polar surface area (TPSA) is 127 Å². The molecule has 0 atom stereocenters. The van der Waals surface area contributed by atoms with Crippen LogP contribution >= 0.6 is 23.2 Å². The molecule has 0 bridgehead atoms. The molecule has 13 nitrogen and oxygen atoms in total. The van der Waals surface area contributed by atoms with Crippen molar-refractivity contribution >= 4 is 52.2 Å². The molecule has 2 heterocycles. The van der Waals surface area contributed by atoms with Gasteiger partial charge in [-0.3, -0.25) is 19.2 Å². The van der Waals surface area contributed by atoms with Crippen LogP contribution in [-0.4, -0.2) is 91.4 Å². The lowest BCUT2D eigenvalue weighted by Crippen LogP contribution is -2.48. The van der Waals surface area contributed by atoms with Crippen molar-refractivity contribution in [2.75, 3.05) is 61.4 Å². The molecule has 0 unspecified atom stereocenters. The summed E-state index contributed by atoms with van der Waals surface area (Å²) < 4.78 is 19.2. The fourth-order valence-corrected chi connectivity index (χ4v) is 11.0. The lowest BCUT2D eigenvalue weighted by molar-refractivity contribution is 0.0942. The molecule has 2 aliphatic rings. The quantitative estimate of drug-likeness (QED) is 0.0953. The molecule has 0 saturated heterocycles. The lowest BCUT2D eigenvalue weighted by atomic mass is 9.89. The van der Waals surface area contributed by atoms with Crippen molar-refractivity contribution in [2.24, 2.45) is 7.05 Å². The van der Waals surface area contributed by atoms with Crippen molar-refractivity contribution in [1.82, 2.24) is 24.8 Å². The first kappa shape index (κ1) is 51.3. The second-order valence-electron chi connectivity index (χ2n) is 18.6. The summed E-state index contributed by atoms with van der Waals surface area (Å²) in [5, 5.41) is 11.7. The second kappa shape index (κ2) is 21.9. The lowest BCUT2D eigenvalue weighted by Gasteiger charge is -2.42. The number of anilines is 3. The third kappa shape index (κ3) is 11.0. The Bertz CT molecular complexity index is 2580. The van der Waals surface area contributed by atoms with E-state index in [2.05, 4.69) is 58.6 Å². The van der Waals surface area contributed by atoms with Crippen LogP contribution in [0.4, 0.5) is 21.6 Å². The maximum Gasteiger partial charge on any atom is 0.251 e. The van der Waals surface area contributed by atoms with E-state index in [9.17, 15) is 19.2 Å². The minimum Gasteiger partial charge on any atom is -0.374 e. The SMILES string of the molecule is CCN(c1cc(Cl)cc(C(=O)NCc2c(C)n(N(C)[C@H]3CC[C@H](N(CC)c4cc(Cl)cc(C(=O)NCc5c(C)n(C)c(NC)cc5=O)c4C)CC3)c(F)cc2=O)c1C)[C@H]1CC[C@H](N(C)C)CC1. The van der Waals surface area contributed by atoms with Crippen LogP contribution in [0.25, 0.3) is 0 Å². The van der Waals surface area contributed by atoms with Crippen LogP contribution in [0.3, 0.4) is 0 Å². The standard InChI is InChI=1S/C51H70Cl2FN9O4/c1-12-61(38-18-14-36(15-19-38)58(8)9)44-24-35(53)23-41(31(44)4)51(67)57-29-43-33(6)63(48(54)26-46(43)64)60(11)37-16-20-39(21-17-37)62(13-2)45-25-34(52)22-40(30(45)3)50(66)56-28-42-32(5)59(10)49(55-7)27-47(42)65/h22-27,36-39,55H,12-21,28-29H2,1-11H3,(H,56,66)(H,57,67)/t36-,37-,38-,39-. The van der Waals surface area contributed by atoms with E-state index in [-0.39, 0.29) is 42.4 Å². The van der Waals surface area contributed by atoms with Crippen LogP contribution in [0.2, 0.25) is 10.0 Å². The highest BCUT2D eigenvalue weighted by Crippen LogP contribution is 2.36. The van der Waals surface area contributed by atoms with E-state index in [0.29, 0.717) is 62.4 Å². The van der Waals surface area contributed by atoms with E-state index in [0.717, 1.165) is 92.2 Å². The molecule has 0 aliphatic heterocycles. The van der Waals surface area contributed by atoms with E-state index in [1.807, 2.05) is 56.6 Å². The van der Waals surface area contributed by atoms with Crippen molar-refractivity contribution in [2.45, 2.75) is 130 Å². The Morgan fingerprint density at radius 2 is 1.07 bits per heavy atom. The number of pyridine rings is 2. The Labute approximate surface area is 405 Å². The fourth-order valence-electron chi connectivity index (χ4n) is 10.6. The number of halogens is 3. The summed E-state index contributed by atoms with van der Waals surface area (Å²) in [6.45, 7) is 13.1. The highest BCUT2D eigenvalue weighted by Gasteiger charge is 2.32. The normalized spacial score (nSPS) is 18.4. The van der Waals surface area contributed by atoms with Gasteiger partial charge >= 0.3 is 0 Å². The van der Waals surface area contributed by atoms with Gasteiger partial charge in [-0.15, -0.1) is 0 Å². The number of aromatic nitrogens is 2. The summed E-state index contributed by atoms with van der Waals surface area (Å²) >= 11 is 13.4. The summed E-state index contributed by atoms with van der Waals surface area (Å²) in [6, 6.07) is 10.7. The molecular weight excluding hydrogens is 893 g/mol. The molecule has 2 aliphatic carbocycles. The number of nitrogens with zero attached hydrogens (tertiary/aromatic N) is 6. The fraction of sp³-hybridized carbons (Fsp3) is 0.529. The summed E-state index contributed by atoms with van der Waals surface area (Å²) in [5.41, 5.74) is 5.66. The molecule has 0 radical (unpaired) electrons. The molecule has 364 valence electrons. The maximum absolute atomic E-state index is 15.9. The molecular formula is C51H70Cl2FN9O4. The highest BCUT2D eigenvalue weighted by molar-refractivity contribution is 6.31. The monoisotopic (exact) mass is 961 g/mol. The number of nitrogens with one attached hydrogen (secondary N) is 3. The van der Waals surface area contributed by atoms with Gasteiger partial charge in [0.1, 0.15) is 5.82 Å².